The quantitative estimate of drug-likeness (QED) is 0.198. The van der Waals surface area contributed by atoms with Crippen LogP contribution in [0.1, 0.15) is 34.7 Å². The summed E-state index contributed by atoms with van der Waals surface area (Å²) in [6, 6.07) is 9.08. The average Bonchev–Trinajstić information content (AvgIpc) is 3.42. The molecule has 0 aromatic heterocycles. The summed E-state index contributed by atoms with van der Waals surface area (Å²) in [5.41, 5.74) is 0.932. The van der Waals surface area contributed by atoms with Crippen LogP contribution in [0, 0.1) is 5.92 Å². The van der Waals surface area contributed by atoms with E-state index in [4.69, 9.17) is 58.0 Å². The van der Waals surface area contributed by atoms with E-state index >= 15 is 0 Å². The van der Waals surface area contributed by atoms with E-state index in [1.807, 2.05) is 0 Å². The Morgan fingerprint density at radius 1 is 0.947 bits per heavy atom. The van der Waals surface area contributed by atoms with Crippen LogP contribution < -0.4 is 16.0 Å². The molecule has 3 amide bonds. The molecule has 1 fully saturated rings. The fraction of sp³-hybridized carbons (Fsp3) is 0.375. The molecule has 206 valence electrons. The predicted octanol–water partition coefficient (Wildman–Crippen LogP) is 6.40. The minimum atomic E-state index is -3.18. The zero-order valence-corrected chi connectivity index (χ0v) is 23.1. The van der Waals surface area contributed by atoms with E-state index in [0.29, 0.717) is 15.6 Å². The molecule has 3 rings (SSSR count). The second kappa shape index (κ2) is 13.0. The second-order valence-electron chi connectivity index (χ2n) is 8.53. The highest BCUT2D eigenvalue weighted by atomic mass is 35.5. The van der Waals surface area contributed by atoms with Crippen molar-refractivity contribution in [2.45, 2.75) is 35.7 Å². The highest BCUT2D eigenvalue weighted by Crippen LogP contribution is 2.65. The number of carbonyl (C=O) groups excluding carboxylic acids is 3. The zero-order valence-electron chi connectivity index (χ0n) is 19.4. The molecule has 0 bridgehead atoms. The van der Waals surface area contributed by atoms with Gasteiger partial charge in [0.2, 0.25) is 11.8 Å². The first-order valence-corrected chi connectivity index (χ1v) is 13.1. The van der Waals surface area contributed by atoms with Crippen molar-refractivity contribution < 1.29 is 27.6 Å². The molecule has 1 aliphatic rings. The van der Waals surface area contributed by atoms with Crippen molar-refractivity contribution in [2.75, 3.05) is 18.4 Å². The molecule has 38 heavy (non-hydrogen) atoms. The third-order valence-electron chi connectivity index (χ3n) is 5.69. The molecule has 6 nitrogen and oxygen atoms in total. The highest BCUT2D eigenvalue weighted by molar-refractivity contribution is 6.53. The van der Waals surface area contributed by atoms with Gasteiger partial charge >= 0.3 is 0 Å². The summed E-state index contributed by atoms with van der Waals surface area (Å²) in [5, 5.41) is 8.16. The topological polar surface area (TPSA) is 87.3 Å². The second-order valence-corrected chi connectivity index (χ2v) is 11.3. The number of hydrogen-bond donors (Lipinski definition) is 3. The van der Waals surface area contributed by atoms with Crippen LogP contribution in [0.15, 0.2) is 36.4 Å². The molecular formula is C24H21Cl5F3N3O3. The molecule has 0 aliphatic heterocycles. The number of nitrogens with one attached hydrogen (secondary N) is 3. The number of hydrogen-bond acceptors (Lipinski definition) is 3. The molecule has 2 aromatic carbocycles. The van der Waals surface area contributed by atoms with Crippen molar-refractivity contribution >= 4 is 81.4 Å². The molecule has 0 radical (unpaired) electrons. The Balaban J connectivity index is 1.54. The van der Waals surface area contributed by atoms with Gasteiger partial charge in [-0.25, -0.2) is 13.2 Å². The van der Waals surface area contributed by atoms with Gasteiger partial charge in [-0.15, -0.1) is 23.2 Å². The van der Waals surface area contributed by atoms with Gasteiger partial charge in [0.25, 0.3) is 12.3 Å². The molecular weight excluding hydrogens is 613 g/mol. The lowest BCUT2D eigenvalue weighted by Crippen LogP contribution is -2.34. The summed E-state index contributed by atoms with van der Waals surface area (Å²) in [7, 11) is 0. The van der Waals surface area contributed by atoms with Gasteiger partial charge in [-0.3, -0.25) is 14.4 Å². The van der Waals surface area contributed by atoms with Crippen LogP contribution in [0.2, 0.25) is 15.1 Å². The summed E-state index contributed by atoms with van der Waals surface area (Å²) in [4.78, 5) is 37.1. The van der Waals surface area contributed by atoms with Crippen LogP contribution in [-0.4, -0.2) is 47.7 Å². The van der Waals surface area contributed by atoms with Crippen molar-refractivity contribution in [3.05, 3.63) is 62.6 Å². The lowest BCUT2D eigenvalue weighted by Gasteiger charge is -2.11. The molecule has 3 unspecified atom stereocenters. The van der Waals surface area contributed by atoms with Gasteiger partial charge < -0.3 is 16.0 Å². The Labute approximate surface area is 241 Å². The molecule has 0 saturated heterocycles. The molecule has 0 spiro atoms. The summed E-state index contributed by atoms with van der Waals surface area (Å²) in [5.74, 6) is -3.06. The Hall–Kier alpha value is -1.91. The fourth-order valence-corrected chi connectivity index (χ4v) is 5.33. The van der Waals surface area contributed by atoms with Crippen LogP contribution in [0.4, 0.5) is 18.9 Å². The molecule has 2 aromatic rings. The van der Waals surface area contributed by atoms with Crippen molar-refractivity contribution in [1.82, 2.24) is 10.6 Å². The van der Waals surface area contributed by atoms with Crippen LogP contribution in [0.25, 0.3) is 0 Å². The predicted molar refractivity (Wildman–Crippen MR) is 143 cm³/mol. The lowest BCUT2D eigenvalue weighted by molar-refractivity contribution is -0.121. The smallest absolute Gasteiger partial charge is 0.271 e. The monoisotopic (exact) mass is 631 g/mol. The number of halogens is 8. The molecule has 0 heterocycles. The summed E-state index contributed by atoms with van der Waals surface area (Å²) < 4.78 is 35.7. The van der Waals surface area contributed by atoms with Crippen molar-refractivity contribution in [3.63, 3.8) is 0 Å². The lowest BCUT2D eigenvalue weighted by atomic mass is 10.1. The maximum absolute atomic E-state index is 12.9. The first-order chi connectivity index (χ1) is 17.8. The maximum atomic E-state index is 12.9. The number of amides is 3. The Kier molecular flexibility index (Phi) is 10.4. The van der Waals surface area contributed by atoms with E-state index in [1.165, 1.54) is 18.2 Å². The van der Waals surface area contributed by atoms with Gasteiger partial charge in [-0.05, 0) is 48.4 Å². The van der Waals surface area contributed by atoms with E-state index in [0.717, 1.165) is 0 Å². The summed E-state index contributed by atoms with van der Waals surface area (Å²) in [6.07, 6.45) is -5.57. The van der Waals surface area contributed by atoms with Crippen molar-refractivity contribution in [2.24, 2.45) is 5.92 Å². The van der Waals surface area contributed by atoms with E-state index < -0.39 is 53.0 Å². The summed E-state index contributed by atoms with van der Waals surface area (Å²) in [6.45, 7) is -0.736. The van der Waals surface area contributed by atoms with Gasteiger partial charge in [-0.1, -0.05) is 34.8 Å². The fourth-order valence-electron chi connectivity index (χ4n) is 3.75. The highest BCUT2D eigenvalue weighted by Gasteiger charge is 2.67. The Morgan fingerprint density at radius 3 is 2.24 bits per heavy atom. The largest absolute Gasteiger partial charge is 0.353 e. The van der Waals surface area contributed by atoms with Crippen LogP contribution in [0.3, 0.4) is 0 Å². The third kappa shape index (κ3) is 7.82. The standard InChI is InChI=1S/C24H21Cl5F3N3O3/c25-12-6-11(7-13(26)8-12)19-20(24(19,28)29)23(38)35-14-3-4-16(27)15(9-14)22(37)33-5-1-2-18(36)34-10-17(30)21(31)32/h3-4,6-9,17,19-21H,1-2,5,10H2,(H,33,37)(H,34,36)(H,35,38). The zero-order chi connectivity index (χ0) is 28.2. The average molecular weight is 634 g/mol. The molecule has 14 heteroatoms. The maximum Gasteiger partial charge on any atom is 0.271 e. The summed E-state index contributed by atoms with van der Waals surface area (Å²) >= 11 is 31.0. The normalized spacial score (nSPS) is 18.6. The number of rotatable bonds is 11. The van der Waals surface area contributed by atoms with Gasteiger partial charge in [0.05, 0.1) is 23.0 Å². The molecule has 3 N–H and O–H groups in total. The minimum Gasteiger partial charge on any atom is -0.353 e. The number of carbonyl (C=O) groups is 3. The van der Waals surface area contributed by atoms with E-state index in [-0.39, 0.29) is 35.7 Å². The molecule has 1 aliphatic carbocycles. The van der Waals surface area contributed by atoms with Gasteiger partial charge in [-0.2, -0.15) is 0 Å². The third-order valence-corrected chi connectivity index (χ3v) is 7.40. The van der Waals surface area contributed by atoms with E-state index in [1.54, 1.807) is 18.2 Å². The van der Waals surface area contributed by atoms with Crippen LogP contribution in [0.5, 0.6) is 0 Å². The van der Waals surface area contributed by atoms with Crippen molar-refractivity contribution in [1.29, 1.82) is 0 Å². The van der Waals surface area contributed by atoms with Crippen molar-refractivity contribution in [3.8, 4) is 0 Å². The SMILES string of the molecule is O=C(CCCNC(=O)c1cc(NC(=O)C2C(c3cc(Cl)cc(Cl)c3)C2(Cl)Cl)ccc1Cl)NCC(F)C(F)F. The number of benzene rings is 2. The first-order valence-electron chi connectivity index (χ1n) is 11.2. The van der Waals surface area contributed by atoms with Gasteiger partial charge in [0.1, 0.15) is 4.33 Å². The molecule has 1 saturated carbocycles. The minimum absolute atomic E-state index is 0.0556. The Morgan fingerprint density at radius 2 is 1.61 bits per heavy atom. The van der Waals surface area contributed by atoms with E-state index in [2.05, 4.69) is 16.0 Å². The van der Waals surface area contributed by atoms with E-state index in [9.17, 15) is 27.6 Å². The molecule has 3 atom stereocenters. The number of anilines is 1. The van der Waals surface area contributed by atoms with Gasteiger partial charge in [0.15, 0.2) is 6.17 Å². The van der Waals surface area contributed by atoms with Gasteiger partial charge in [0, 0.05) is 34.6 Å². The Bertz CT molecular complexity index is 1200. The first kappa shape index (κ1) is 30.6. The van der Waals surface area contributed by atoms with Crippen LogP contribution >= 0.6 is 58.0 Å². The number of alkyl halides is 5. The van der Waals surface area contributed by atoms with Crippen LogP contribution in [-0.2, 0) is 9.59 Å².